The SMILES string of the molecule is COc1ccc(CC(=O)NC(CCO)C(=O)O)cc1F. The number of carboxylic acids is 1. The van der Waals surface area contributed by atoms with Gasteiger partial charge in [0.15, 0.2) is 11.6 Å². The largest absolute Gasteiger partial charge is 0.494 e. The number of aliphatic carboxylic acids is 1. The molecule has 0 aromatic heterocycles. The molecule has 6 nitrogen and oxygen atoms in total. The molecule has 0 saturated heterocycles. The van der Waals surface area contributed by atoms with E-state index in [0.29, 0.717) is 5.56 Å². The topological polar surface area (TPSA) is 95.9 Å². The van der Waals surface area contributed by atoms with E-state index in [1.54, 1.807) is 0 Å². The Morgan fingerprint density at radius 3 is 2.65 bits per heavy atom. The van der Waals surface area contributed by atoms with Crippen LogP contribution >= 0.6 is 0 Å². The zero-order valence-electron chi connectivity index (χ0n) is 10.9. The molecule has 0 aliphatic rings. The third kappa shape index (κ3) is 4.51. The number of ether oxygens (including phenoxy) is 1. The first-order valence-electron chi connectivity index (χ1n) is 5.93. The van der Waals surface area contributed by atoms with Gasteiger partial charge in [-0.25, -0.2) is 9.18 Å². The standard InChI is InChI=1S/C13H16FNO5/c1-20-11-3-2-8(6-9(11)14)7-12(17)15-10(4-5-16)13(18)19/h2-3,6,10,16H,4-5,7H2,1H3,(H,15,17)(H,18,19). The van der Waals surface area contributed by atoms with Gasteiger partial charge in [0.1, 0.15) is 6.04 Å². The van der Waals surface area contributed by atoms with Crippen LogP contribution in [0.3, 0.4) is 0 Å². The summed E-state index contributed by atoms with van der Waals surface area (Å²) in [6.07, 6.45) is -0.242. The maximum Gasteiger partial charge on any atom is 0.326 e. The van der Waals surface area contributed by atoms with E-state index < -0.39 is 23.7 Å². The van der Waals surface area contributed by atoms with Crippen LogP contribution in [0.4, 0.5) is 4.39 Å². The fourth-order valence-corrected chi connectivity index (χ4v) is 1.64. The molecular weight excluding hydrogens is 269 g/mol. The molecule has 0 fully saturated rings. The number of carboxylic acid groups (broad SMARTS) is 1. The second-order valence-corrected chi connectivity index (χ2v) is 4.12. The van der Waals surface area contributed by atoms with E-state index >= 15 is 0 Å². The summed E-state index contributed by atoms with van der Waals surface area (Å²) < 4.78 is 18.2. The molecule has 1 amide bonds. The van der Waals surface area contributed by atoms with E-state index in [2.05, 4.69) is 5.32 Å². The van der Waals surface area contributed by atoms with Crippen molar-refractivity contribution >= 4 is 11.9 Å². The molecule has 110 valence electrons. The highest BCUT2D eigenvalue weighted by atomic mass is 19.1. The van der Waals surface area contributed by atoms with Crippen molar-refractivity contribution in [3.8, 4) is 5.75 Å². The molecule has 1 rings (SSSR count). The number of nitrogens with one attached hydrogen (secondary N) is 1. The minimum atomic E-state index is -1.23. The zero-order chi connectivity index (χ0) is 15.1. The van der Waals surface area contributed by atoms with Gasteiger partial charge in [0, 0.05) is 13.0 Å². The predicted molar refractivity (Wildman–Crippen MR) is 67.9 cm³/mol. The quantitative estimate of drug-likeness (QED) is 0.671. The Balaban J connectivity index is 2.66. The van der Waals surface area contributed by atoms with E-state index in [4.69, 9.17) is 14.9 Å². The van der Waals surface area contributed by atoms with Crippen LogP contribution in [0.2, 0.25) is 0 Å². The second kappa shape index (κ2) is 7.44. The number of aliphatic hydroxyl groups excluding tert-OH is 1. The van der Waals surface area contributed by atoms with Crippen LogP contribution in [0.25, 0.3) is 0 Å². The molecule has 1 unspecified atom stereocenters. The molecule has 1 aromatic carbocycles. The van der Waals surface area contributed by atoms with Gasteiger partial charge in [0.05, 0.1) is 13.5 Å². The van der Waals surface area contributed by atoms with Gasteiger partial charge in [-0.05, 0) is 17.7 Å². The van der Waals surface area contributed by atoms with Gasteiger partial charge >= 0.3 is 5.97 Å². The van der Waals surface area contributed by atoms with Crippen molar-refractivity contribution in [1.29, 1.82) is 0 Å². The van der Waals surface area contributed by atoms with Crippen molar-refractivity contribution in [2.45, 2.75) is 18.9 Å². The van der Waals surface area contributed by atoms with Crippen molar-refractivity contribution in [2.24, 2.45) is 0 Å². The maximum absolute atomic E-state index is 13.4. The lowest BCUT2D eigenvalue weighted by atomic mass is 10.1. The Morgan fingerprint density at radius 2 is 2.15 bits per heavy atom. The second-order valence-electron chi connectivity index (χ2n) is 4.12. The number of rotatable bonds is 7. The minimum absolute atomic E-state index is 0.0675. The lowest BCUT2D eigenvalue weighted by Gasteiger charge is -2.13. The molecule has 0 radical (unpaired) electrons. The average Bonchev–Trinajstić information content (AvgIpc) is 2.38. The van der Waals surface area contributed by atoms with Gasteiger partial charge in [0.2, 0.25) is 5.91 Å². The van der Waals surface area contributed by atoms with Crippen molar-refractivity contribution in [3.63, 3.8) is 0 Å². The predicted octanol–water partition coefficient (Wildman–Crippen LogP) is 0.329. The highest BCUT2D eigenvalue weighted by Gasteiger charge is 2.19. The Kier molecular flexibility index (Phi) is 5.92. The molecule has 0 bridgehead atoms. The minimum Gasteiger partial charge on any atom is -0.494 e. The van der Waals surface area contributed by atoms with Crippen LogP contribution in [0.15, 0.2) is 18.2 Å². The van der Waals surface area contributed by atoms with Gasteiger partial charge < -0.3 is 20.3 Å². The number of hydrogen-bond donors (Lipinski definition) is 3. The monoisotopic (exact) mass is 285 g/mol. The van der Waals surface area contributed by atoms with E-state index in [0.717, 1.165) is 6.07 Å². The maximum atomic E-state index is 13.4. The van der Waals surface area contributed by atoms with E-state index in [9.17, 15) is 14.0 Å². The first-order chi connectivity index (χ1) is 9.47. The van der Waals surface area contributed by atoms with E-state index in [1.807, 2.05) is 0 Å². The number of amides is 1. The number of halogens is 1. The first-order valence-corrected chi connectivity index (χ1v) is 5.93. The average molecular weight is 285 g/mol. The molecule has 0 saturated carbocycles. The Hall–Kier alpha value is -2.15. The first kappa shape index (κ1) is 15.9. The van der Waals surface area contributed by atoms with Gasteiger partial charge in [-0.3, -0.25) is 4.79 Å². The molecule has 20 heavy (non-hydrogen) atoms. The van der Waals surface area contributed by atoms with Crippen LogP contribution < -0.4 is 10.1 Å². The van der Waals surface area contributed by atoms with Crippen molar-refractivity contribution < 1.29 is 28.9 Å². The van der Waals surface area contributed by atoms with Gasteiger partial charge in [-0.1, -0.05) is 6.07 Å². The highest BCUT2D eigenvalue weighted by Crippen LogP contribution is 2.17. The fourth-order valence-electron chi connectivity index (χ4n) is 1.64. The molecule has 7 heteroatoms. The van der Waals surface area contributed by atoms with E-state index in [1.165, 1.54) is 19.2 Å². The van der Waals surface area contributed by atoms with Crippen molar-refractivity contribution in [3.05, 3.63) is 29.6 Å². The van der Waals surface area contributed by atoms with Crippen LogP contribution in [0.5, 0.6) is 5.75 Å². The van der Waals surface area contributed by atoms with Gasteiger partial charge in [-0.2, -0.15) is 0 Å². The summed E-state index contributed by atoms with van der Waals surface area (Å²) in [6, 6.07) is 2.90. The number of aliphatic hydroxyl groups is 1. The molecule has 0 aliphatic heterocycles. The Labute approximate surface area is 115 Å². The Morgan fingerprint density at radius 1 is 1.45 bits per heavy atom. The third-order valence-corrected chi connectivity index (χ3v) is 2.63. The summed E-state index contributed by atoms with van der Waals surface area (Å²) in [5, 5.41) is 19.8. The van der Waals surface area contributed by atoms with Crippen LogP contribution in [0, 0.1) is 5.82 Å². The smallest absolute Gasteiger partial charge is 0.326 e. The number of carbonyl (C=O) groups is 2. The number of hydrogen-bond acceptors (Lipinski definition) is 4. The zero-order valence-corrected chi connectivity index (χ0v) is 10.9. The normalized spacial score (nSPS) is 11.8. The molecule has 1 atom stereocenters. The summed E-state index contributed by atoms with van der Waals surface area (Å²) in [6.45, 7) is -0.353. The molecule has 0 heterocycles. The van der Waals surface area contributed by atoms with Crippen LogP contribution in [0.1, 0.15) is 12.0 Å². The van der Waals surface area contributed by atoms with Crippen LogP contribution in [-0.4, -0.2) is 41.8 Å². The van der Waals surface area contributed by atoms with Gasteiger partial charge in [0.25, 0.3) is 0 Å². The molecular formula is C13H16FNO5. The lowest BCUT2D eigenvalue weighted by Crippen LogP contribution is -2.42. The summed E-state index contributed by atoms with van der Waals surface area (Å²) in [5.41, 5.74) is 0.397. The molecule has 1 aromatic rings. The van der Waals surface area contributed by atoms with Crippen molar-refractivity contribution in [1.82, 2.24) is 5.32 Å². The lowest BCUT2D eigenvalue weighted by molar-refractivity contribution is -0.142. The summed E-state index contributed by atoms with van der Waals surface area (Å²) in [4.78, 5) is 22.5. The Bertz CT molecular complexity index is 492. The van der Waals surface area contributed by atoms with Gasteiger partial charge in [-0.15, -0.1) is 0 Å². The van der Waals surface area contributed by atoms with Crippen molar-refractivity contribution in [2.75, 3.05) is 13.7 Å². The van der Waals surface area contributed by atoms with E-state index in [-0.39, 0.29) is 25.2 Å². The highest BCUT2D eigenvalue weighted by molar-refractivity contribution is 5.84. The summed E-state index contributed by atoms with van der Waals surface area (Å²) in [7, 11) is 1.33. The van der Waals surface area contributed by atoms with Crippen LogP contribution in [-0.2, 0) is 16.0 Å². The molecule has 3 N–H and O–H groups in total. The molecule has 0 aliphatic carbocycles. The molecule has 0 spiro atoms. The number of benzene rings is 1. The fraction of sp³-hybridized carbons (Fsp3) is 0.385. The number of methoxy groups -OCH3 is 1. The third-order valence-electron chi connectivity index (χ3n) is 2.63. The summed E-state index contributed by atoms with van der Waals surface area (Å²) in [5.74, 6) is -2.32. The summed E-state index contributed by atoms with van der Waals surface area (Å²) >= 11 is 0. The number of carbonyl (C=O) groups excluding carboxylic acids is 1.